The molecule has 152 valence electrons. The maximum absolute atomic E-state index is 12.0. The Balaban J connectivity index is 1.85. The Labute approximate surface area is 161 Å². The minimum atomic E-state index is -0.929. The monoisotopic (exact) mass is 393 g/mol. The number of carbonyl (C=O) groups excluding carboxylic acids is 3. The summed E-state index contributed by atoms with van der Waals surface area (Å²) in [5.74, 6) is -1.40. The van der Waals surface area contributed by atoms with Crippen molar-refractivity contribution in [3.8, 4) is 5.75 Å². The molecular formula is C18H23N3O7. The molecule has 0 spiro atoms. The van der Waals surface area contributed by atoms with Gasteiger partial charge in [-0.15, -0.1) is 0 Å². The summed E-state index contributed by atoms with van der Waals surface area (Å²) in [5.41, 5.74) is -0.511. The average molecular weight is 393 g/mol. The highest BCUT2D eigenvalue weighted by Crippen LogP contribution is 2.27. The Hall–Kier alpha value is -3.17. The summed E-state index contributed by atoms with van der Waals surface area (Å²) in [4.78, 5) is 46.0. The molecule has 0 bridgehead atoms. The van der Waals surface area contributed by atoms with Crippen molar-refractivity contribution in [3.63, 3.8) is 0 Å². The Morgan fingerprint density at radius 3 is 2.61 bits per heavy atom. The van der Waals surface area contributed by atoms with E-state index >= 15 is 0 Å². The van der Waals surface area contributed by atoms with E-state index < -0.39 is 35.1 Å². The van der Waals surface area contributed by atoms with E-state index in [1.165, 1.54) is 19.2 Å². The lowest BCUT2D eigenvalue weighted by Crippen LogP contribution is -2.48. The second-order valence-electron chi connectivity index (χ2n) is 6.61. The van der Waals surface area contributed by atoms with Crippen molar-refractivity contribution < 1.29 is 28.8 Å². The van der Waals surface area contributed by atoms with Gasteiger partial charge >= 0.3 is 17.7 Å². The molecule has 0 aliphatic heterocycles. The van der Waals surface area contributed by atoms with Gasteiger partial charge in [0, 0.05) is 12.1 Å². The number of esters is 1. The Morgan fingerprint density at radius 1 is 1.25 bits per heavy atom. The van der Waals surface area contributed by atoms with E-state index in [4.69, 9.17) is 9.47 Å². The van der Waals surface area contributed by atoms with Crippen LogP contribution >= 0.6 is 0 Å². The summed E-state index contributed by atoms with van der Waals surface area (Å²) >= 11 is 0. The first-order valence-corrected chi connectivity index (χ1v) is 8.91. The molecule has 0 aromatic heterocycles. The Morgan fingerprint density at radius 2 is 1.96 bits per heavy atom. The molecule has 0 saturated heterocycles. The molecule has 1 saturated carbocycles. The van der Waals surface area contributed by atoms with Gasteiger partial charge in [-0.3, -0.25) is 20.2 Å². The molecule has 3 amide bonds. The molecule has 10 heteroatoms. The minimum Gasteiger partial charge on any atom is -0.490 e. The van der Waals surface area contributed by atoms with Crippen molar-refractivity contribution in [1.82, 2.24) is 10.6 Å². The van der Waals surface area contributed by atoms with E-state index in [2.05, 4.69) is 10.6 Å². The SMILES string of the molecule is COc1ccc(C(=O)OCC(=O)NC(=O)N[C@H]2CCCC[C@H]2C)cc1[N+](=O)[O-]. The van der Waals surface area contributed by atoms with Crippen molar-refractivity contribution in [1.29, 1.82) is 0 Å². The summed E-state index contributed by atoms with van der Waals surface area (Å²) < 4.78 is 9.67. The van der Waals surface area contributed by atoms with Crippen molar-refractivity contribution in [2.24, 2.45) is 5.92 Å². The van der Waals surface area contributed by atoms with Crippen LogP contribution in [0.4, 0.5) is 10.5 Å². The molecule has 0 radical (unpaired) electrons. The zero-order valence-electron chi connectivity index (χ0n) is 15.7. The topological polar surface area (TPSA) is 137 Å². The lowest BCUT2D eigenvalue weighted by atomic mass is 9.86. The van der Waals surface area contributed by atoms with Gasteiger partial charge in [0.1, 0.15) is 0 Å². The number of nitrogens with zero attached hydrogens (tertiary/aromatic N) is 1. The number of amides is 3. The number of methoxy groups -OCH3 is 1. The number of hydrogen-bond acceptors (Lipinski definition) is 7. The highest BCUT2D eigenvalue weighted by Gasteiger charge is 2.24. The first kappa shape index (κ1) is 21.1. The number of nitro groups is 1. The number of rotatable bonds is 6. The van der Waals surface area contributed by atoms with Crippen LogP contribution < -0.4 is 15.4 Å². The molecule has 1 aliphatic carbocycles. The average Bonchev–Trinajstić information content (AvgIpc) is 2.67. The molecule has 1 fully saturated rings. The van der Waals surface area contributed by atoms with E-state index in [1.807, 2.05) is 6.92 Å². The van der Waals surface area contributed by atoms with Gasteiger partial charge < -0.3 is 14.8 Å². The molecule has 1 aromatic rings. The maximum Gasteiger partial charge on any atom is 0.338 e. The molecule has 1 aromatic carbocycles. The van der Waals surface area contributed by atoms with Crippen molar-refractivity contribution >= 4 is 23.6 Å². The lowest BCUT2D eigenvalue weighted by molar-refractivity contribution is -0.385. The van der Waals surface area contributed by atoms with E-state index in [0.717, 1.165) is 31.7 Å². The van der Waals surface area contributed by atoms with Gasteiger partial charge in [-0.2, -0.15) is 0 Å². The van der Waals surface area contributed by atoms with Crippen LogP contribution in [0.5, 0.6) is 5.75 Å². The molecule has 0 heterocycles. The number of ether oxygens (including phenoxy) is 2. The molecule has 1 aliphatic rings. The molecular weight excluding hydrogens is 370 g/mol. The fraction of sp³-hybridized carbons (Fsp3) is 0.500. The first-order valence-electron chi connectivity index (χ1n) is 8.91. The van der Waals surface area contributed by atoms with Crippen LogP contribution in [0.15, 0.2) is 18.2 Å². The largest absolute Gasteiger partial charge is 0.490 e. The normalized spacial score (nSPS) is 18.6. The summed E-state index contributed by atoms with van der Waals surface area (Å²) in [5, 5.41) is 15.9. The number of carbonyl (C=O) groups is 3. The molecule has 2 rings (SSSR count). The quantitative estimate of drug-likeness (QED) is 0.429. The third kappa shape index (κ3) is 5.66. The van der Waals surface area contributed by atoms with Gasteiger partial charge in [-0.05, 0) is 30.9 Å². The zero-order valence-corrected chi connectivity index (χ0v) is 15.7. The Bertz CT molecular complexity index is 766. The number of nitrogens with one attached hydrogen (secondary N) is 2. The molecule has 28 heavy (non-hydrogen) atoms. The van der Waals surface area contributed by atoms with Gasteiger partial charge in [0.2, 0.25) is 0 Å². The van der Waals surface area contributed by atoms with Crippen LogP contribution in [-0.4, -0.2) is 42.6 Å². The van der Waals surface area contributed by atoms with Crippen LogP contribution in [0.3, 0.4) is 0 Å². The standard InChI is InChI=1S/C18H23N3O7/c1-11-5-3-4-6-13(11)19-18(24)20-16(22)10-28-17(23)12-7-8-15(27-2)14(9-12)21(25)26/h7-9,11,13H,3-6,10H2,1-2H3,(H2,19,20,22,24)/t11-,13+/m1/s1. The third-order valence-corrected chi connectivity index (χ3v) is 4.63. The summed E-state index contributed by atoms with van der Waals surface area (Å²) in [7, 11) is 1.27. The zero-order chi connectivity index (χ0) is 20.7. The van der Waals surface area contributed by atoms with Crippen molar-refractivity contribution in [2.75, 3.05) is 13.7 Å². The van der Waals surface area contributed by atoms with E-state index in [0.29, 0.717) is 5.92 Å². The smallest absolute Gasteiger partial charge is 0.338 e. The van der Waals surface area contributed by atoms with Crippen LogP contribution in [-0.2, 0) is 9.53 Å². The van der Waals surface area contributed by atoms with Crippen molar-refractivity contribution in [2.45, 2.75) is 38.6 Å². The van der Waals surface area contributed by atoms with Crippen LogP contribution in [0.1, 0.15) is 43.0 Å². The van der Waals surface area contributed by atoms with Gasteiger partial charge in [0.15, 0.2) is 12.4 Å². The summed E-state index contributed by atoms with van der Waals surface area (Å²) in [6, 6.07) is 2.90. The third-order valence-electron chi connectivity index (χ3n) is 4.63. The van der Waals surface area contributed by atoms with Gasteiger partial charge in [0.05, 0.1) is 17.6 Å². The van der Waals surface area contributed by atoms with Gasteiger partial charge in [-0.1, -0.05) is 19.8 Å². The Kier molecular flexibility index (Phi) is 7.30. The number of benzene rings is 1. The predicted octanol–water partition coefficient (Wildman–Crippen LogP) is 2.16. The van der Waals surface area contributed by atoms with Crippen LogP contribution in [0, 0.1) is 16.0 Å². The maximum atomic E-state index is 12.0. The second kappa shape index (κ2) is 9.67. The molecule has 2 atom stereocenters. The van der Waals surface area contributed by atoms with Crippen molar-refractivity contribution in [3.05, 3.63) is 33.9 Å². The summed E-state index contributed by atoms with van der Waals surface area (Å²) in [6.45, 7) is 1.36. The molecule has 2 N–H and O–H groups in total. The van der Waals surface area contributed by atoms with Gasteiger partial charge in [0.25, 0.3) is 5.91 Å². The predicted molar refractivity (Wildman–Crippen MR) is 98.0 cm³/mol. The van der Waals surface area contributed by atoms with Crippen LogP contribution in [0.25, 0.3) is 0 Å². The van der Waals surface area contributed by atoms with E-state index in [9.17, 15) is 24.5 Å². The van der Waals surface area contributed by atoms with Gasteiger partial charge in [-0.25, -0.2) is 9.59 Å². The highest BCUT2D eigenvalue weighted by molar-refractivity contribution is 5.97. The lowest BCUT2D eigenvalue weighted by Gasteiger charge is -2.29. The van der Waals surface area contributed by atoms with E-state index in [-0.39, 0.29) is 17.4 Å². The minimum absolute atomic E-state index is 0.00366. The molecule has 10 nitrogen and oxygen atoms in total. The fourth-order valence-corrected chi connectivity index (χ4v) is 3.07. The molecule has 0 unspecified atom stereocenters. The highest BCUT2D eigenvalue weighted by atomic mass is 16.6. The summed E-state index contributed by atoms with van der Waals surface area (Å²) in [6.07, 6.45) is 4.02. The van der Waals surface area contributed by atoms with E-state index in [1.54, 1.807) is 0 Å². The second-order valence-corrected chi connectivity index (χ2v) is 6.61. The fourth-order valence-electron chi connectivity index (χ4n) is 3.07. The number of hydrogen-bond donors (Lipinski definition) is 2. The number of nitro benzene ring substituents is 1. The number of urea groups is 1. The number of imide groups is 1. The first-order chi connectivity index (χ1) is 13.3. The van der Waals surface area contributed by atoms with Crippen LogP contribution in [0.2, 0.25) is 0 Å².